The van der Waals surface area contributed by atoms with E-state index in [0.29, 0.717) is 19.0 Å². The van der Waals surface area contributed by atoms with Gasteiger partial charge in [-0.1, -0.05) is 25.0 Å². The van der Waals surface area contributed by atoms with Crippen molar-refractivity contribution in [1.29, 1.82) is 0 Å². The Kier molecular flexibility index (Phi) is 5.85. The third-order valence-electron chi connectivity index (χ3n) is 5.26. The quantitative estimate of drug-likeness (QED) is 0.870. The fourth-order valence-electron chi connectivity index (χ4n) is 4.03. The molecule has 1 aliphatic heterocycles. The van der Waals surface area contributed by atoms with Gasteiger partial charge in [0.1, 0.15) is 5.82 Å². The van der Waals surface area contributed by atoms with E-state index in [2.05, 4.69) is 5.32 Å². The first-order chi connectivity index (χ1) is 11.6. The van der Waals surface area contributed by atoms with Gasteiger partial charge in [-0.15, -0.1) is 0 Å². The van der Waals surface area contributed by atoms with Crippen LogP contribution in [0.4, 0.5) is 4.39 Å². The van der Waals surface area contributed by atoms with Crippen molar-refractivity contribution >= 4 is 5.91 Å². The van der Waals surface area contributed by atoms with Gasteiger partial charge >= 0.3 is 0 Å². The first kappa shape index (κ1) is 17.4. The average Bonchev–Trinajstić information content (AvgIpc) is 3.08. The summed E-state index contributed by atoms with van der Waals surface area (Å²) in [6.45, 7) is 1.74. The molecule has 5 heteroatoms. The van der Waals surface area contributed by atoms with Crippen LogP contribution in [-0.2, 0) is 4.79 Å². The molecule has 0 spiro atoms. The number of carbonyl (C=O) groups is 1. The van der Waals surface area contributed by atoms with Gasteiger partial charge in [-0.3, -0.25) is 9.69 Å². The van der Waals surface area contributed by atoms with Crippen LogP contribution in [0.5, 0.6) is 0 Å². The van der Waals surface area contributed by atoms with E-state index in [1.165, 1.54) is 25.0 Å². The molecule has 0 aromatic heterocycles. The summed E-state index contributed by atoms with van der Waals surface area (Å²) in [6, 6.07) is 6.44. The van der Waals surface area contributed by atoms with Crippen LogP contribution < -0.4 is 5.32 Å². The number of nitrogens with zero attached hydrogens (tertiary/aromatic N) is 1. The molecule has 2 atom stereocenters. The van der Waals surface area contributed by atoms with Gasteiger partial charge in [0.05, 0.1) is 18.7 Å². The zero-order valence-corrected chi connectivity index (χ0v) is 14.1. The molecule has 4 nitrogen and oxygen atoms in total. The Labute approximate surface area is 143 Å². The van der Waals surface area contributed by atoms with Gasteiger partial charge in [0.25, 0.3) is 0 Å². The van der Waals surface area contributed by atoms with E-state index in [-0.39, 0.29) is 23.9 Å². The number of hydrogen-bond donors (Lipinski definition) is 2. The highest BCUT2D eigenvalue weighted by atomic mass is 19.1. The fraction of sp³-hybridized carbons (Fsp3) is 0.632. The van der Waals surface area contributed by atoms with Crippen molar-refractivity contribution in [3.8, 4) is 0 Å². The number of rotatable bonds is 5. The predicted molar refractivity (Wildman–Crippen MR) is 90.9 cm³/mol. The minimum atomic E-state index is -0.325. The molecule has 1 aromatic rings. The van der Waals surface area contributed by atoms with Gasteiger partial charge < -0.3 is 10.4 Å². The van der Waals surface area contributed by atoms with Crippen molar-refractivity contribution < 1.29 is 14.3 Å². The van der Waals surface area contributed by atoms with E-state index in [1.807, 2.05) is 4.90 Å². The van der Waals surface area contributed by atoms with Gasteiger partial charge in [-0.25, -0.2) is 4.39 Å². The monoisotopic (exact) mass is 334 g/mol. The highest BCUT2D eigenvalue weighted by Crippen LogP contribution is 2.35. The van der Waals surface area contributed by atoms with Crippen molar-refractivity contribution in [2.45, 2.75) is 50.7 Å². The van der Waals surface area contributed by atoms with Crippen molar-refractivity contribution in [3.63, 3.8) is 0 Å². The lowest BCUT2D eigenvalue weighted by molar-refractivity contribution is -0.124. The molecule has 0 bridgehead atoms. The molecule has 1 aliphatic carbocycles. The van der Waals surface area contributed by atoms with Crippen LogP contribution in [0, 0.1) is 11.7 Å². The summed E-state index contributed by atoms with van der Waals surface area (Å²) in [5, 5.41) is 12.9. The molecule has 1 aromatic carbocycles. The maximum absolute atomic E-state index is 13.2. The summed E-state index contributed by atoms with van der Waals surface area (Å²) in [7, 11) is 0. The number of likely N-dealkylation sites (tertiary alicyclic amines) is 1. The van der Waals surface area contributed by atoms with E-state index in [4.69, 9.17) is 0 Å². The number of carbonyl (C=O) groups excluding carboxylic acids is 1. The summed E-state index contributed by atoms with van der Waals surface area (Å²) in [5.41, 5.74) is 0.982. The number of benzene rings is 1. The van der Waals surface area contributed by atoms with Crippen LogP contribution >= 0.6 is 0 Å². The summed E-state index contributed by atoms with van der Waals surface area (Å²) in [4.78, 5) is 14.5. The van der Waals surface area contributed by atoms with Gasteiger partial charge in [0, 0.05) is 6.54 Å². The second-order valence-electron chi connectivity index (χ2n) is 7.17. The minimum Gasteiger partial charge on any atom is -0.392 e. The lowest BCUT2D eigenvalue weighted by atomic mass is 9.91. The largest absolute Gasteiger partial charge is 0.392 e. The first-order valence-electron chi connectivity index (χ1n) is 9.07. The Morgan fingerprint density at radius 3 is 2.58 bits per heavy atom. The van der Waals surface area contributed by atoms with Crippen LogP contribution in [0.3, 0.4) is 0 Å². The first-order valence-corrected chi connectivity index (χ1v) is 9.07. The van der Waals surface area contributed by atoms with Crippen LogP contribution in [-0.4, -0.2) is 41.7 Å². The number of aliphatic hydroxyl groups excluding tert-OH is 1. The highest BCUT2D eigenvalue weighted by Gasteiger charge is 2.28. The van der Waals surface area contributed by atoms with E-state index in [1.54, 1.807) is 12.1 Å². The molecule has 3 rings (SSSR count). The standard InChI is InChI=1S/C19H27FN2O2/c20-16-9-7-15(8-10-16)19(14-4-1-2-5-14)21-18(24)13-22-11-3-6-17(23)12-22/h7-10,14,17,19,23H,1-6,11-13H2,(H,21,24). The molecular weight excluding hydrogens is 307 g/mol. The lowest BCUT2D eigenvalue weighted by Crippen LogP contribution is -2.45. The summed E-state index contributed by atoms with van der Waals surface area (Å²) >= 11 is 0. The zero-order chi connectivity index (χ0) is 16.9. The molecule has 1 amide bonds. The Morgan fingerprint density at radius 2 is 1.92 bits per heavy atom. The Balaban J connectivity index is 1.64. The zero-order valence-electron chi connectivity index (χ0n) is 14.1. The Hall–Kier alpha value is -1.46. The Bertz CT molecular complexity index is 543. The molecule has 2 N–H and O–H groups in total. The van der Waals surface area contributed by atoms with Gasteiger partial charge in [0.15, 0.2) is 0 Å². The van der Waals surface area contributed by atoms with Gasteiger partial charge in [-0.2, -0.15) is 0 Å². The number of amides is 1. The maximum atomic E-state index is 13.2. The van der Waals surface area contributed by atoms with E-state index >= 15 is 0 Å². The molecule has 1 saturated heterocycles. The van der Waals surface area contributed by atoms with Crippen LogP contribution in [0.1, 0.15) is 50.1 Å². The normalized spacial score (nSPS) is 24.0. The number of hydrogen-bond acceptors (Lipinski definition) is 3. The second kappa shape index (κ2) is 8.08. The van der Waals surface area contributed by atoms with E-state index in [9.17, 15) is 14.3 Å². The smallest absolute Gasteiger partial charge is 0.234 e. The maximum Gasteiger partial charge on any atom is 0.234 e. The summed E-state index contributed by atoms with van der Waals surface area (Å²) in [6.07, 6.45) is 6.01. The number of β-amino-alcohol motifs (C(OH)–C–C–N with tert-alkyl or cyclic N) is 1. The fourth-order valence-corrected chi connectivity index (χ4v) is 4.03. The summed E-state index contributed by atoms with van der Waals surface area (Å²) in [5.74, 6) is 0.161. The number of halogens is 1. The van der Waals surface area contributed by atoms with Crippen molar-refractivity contribution in [3.05, 3.63) is 35.6 Å². The van der Waals surface area contributed by atoms with Gasteiger partial charge in [0.2, 0.25) is 5.91 Å². The van der Waals surface area contributed by atoms with Crippen molar-refractivity contribution in [2.24, 2.45) is 5.92 Å². The molecule has 0 radical (unpaired) electrons. The second-order valence-corrected chi connectivity index (χ2v) is 7.17. The molecule has 2 aliphatic rings. The molecule has 1 saturated carbocycles. The predicted octanol–water partition coefficient (Wildman–Crippen LogP) is 2.63. The lowest BCUT2D eigenvalue weighted by Gasteiger charge is -2.31. The average molecular weight is 334 g/mol. The van der Waals surface area contributed by atoms with Crippen LogP contribution in [0.25, 0.3) is 0 Å². The highest BCUT2D eigenvalue weighted by molar-refractivity contribution is 5.78. The third-order valence-corrected chi connectivity index (χ3v) is 5.26. The number of nitrogens with one attached hydrogen (secondary N) is 1. The van der Waals surface area contributed by atoms with E-state index < -0.39 is 0 Å². The molecule has 2 unspecified atom stereocenters. The van der Waals surface area contributed by atoms with Crippen molar-refractivity contribution in [1.82, 2.24) is 10.2 Å². The van der Waals surface area contributed by atoms with E-state index in [0.717, 1.165) is 37.8 Å². The SMILES string of the molecule is O=C(CN1CCCC(O)C1)NC(c1ccc(F)cc1)C1CCCC1. The third kappa shape index (κ3) is 4.54. The molecule has 132 valence electrons. The van der Waals surface area contributed by atoms with Crippen LogP contribution in [0.15, 0.2) is 24.3 Å². The molecular formula is C19H27FN2O2. The molecule has 2 fully saturated rings. The Morgan fingerprint density at radius 1 is 1.21 bits per heavy atom. The van der Waals surface area contributed by atoms with Gasteiger partial charge in [-0.05, 0) is 55.8 Å². The van der Waals surface area contributed by atoms with Crippen molar-refractivity contribution in [2.75, 3.05) is 19.6 Å². The number of aliphatic hydroxyl groups is 1. The minimum absolute atomic E-state index is 0.00896. The van der Waals surface area contributed by atoms with Crippen LogP contribution in [0.2, 0.25) is 0 Å². The summed E-state index contributed by atoms with van der Waals surface area (Å²) < 4.78 is 13.2. The topological polar surface area (TPSA) is 52.6 Å². The molecule has 24 heavy (non-hydrogen) atoms. The molecule has 1 heterocycles. The number of piperidine rings is 1.